The lowest BCUT2D eigenvalue weighted by molar-refractivity contribution is 0.614. The van der Waals surface area contributed by atoms with Crippen LogP contribution in [-0.2, 0) is 0 Å². The Morgan fingerprint density at radius 3 is 2.89 bits per heavy atom. The van der Waals surface area contributed by atoms with E-state index in [0.717, 1.165) is 18.7 Å². The van der Waals surface area contributed by atoms with Gasteiger partial charge in [0.2, 0.25) is 0 Å². The van der Waals surface area contributed by atoms with E-state index in [0.29, 0.717) is 6.04 Å². The lowest BCUT2D eigenvalue weighted by atomic mass is 10.1. The highest BCUT2D eigenvalue weighted by atomic mass is 15.2. The first-order valence-corrected chi connectivity index (χ1v) is 7.20. The van der Waals surface area contributed by atoms with Crippen molar-refractivity contribution >= 4 is 5.69 Å². The maximum absolute atomic E-state index is 6.00. The number of pyridine rings is 1. The molecule has 0 radical (unpaired) electrons. The molecule has 2 rings (SSSR count). The summed E-state index contributed by atoms with van der Waals surface area (Å²) in [5, 5.41) is 0. The molecule has 100 valence electrons. The van der Waals surface area contributed by atoms with E-state index in [2.05, 4.69) is 35.9 Å². The summed E-state index contributed by atoms with van der Waals surface area (Å²) in [7, 11) is 0. The molecule has 2 heterocycles. The topological polar surface area (TPSA) is 42.1 Å². The highest BCUT2D eigenvalue weighted by Gasteiger charge is 2.17. The number of rotatable bonds is 3. The van der Waals surface area contributed by atoms with Crippen LogP contribution < -0.4 is 10.6 Å². The summed E-state index contributed by atoms with van der Waals surface area (Å²) in [6.45, 7) is 5.57. The molecule has 1 aromatic heterocycles. The maximum Gasteiger partial charge on any atom is 0.0572 e. The van der Waals surface area contributed by atoms with Crippen molar-refractivity contribution in [1.82, 2.24) is 4.98 Å². The molecule has 0 amide bonds. The van der Waals surface area contributed by atoms with Gasteiger partial charge in [0.05, 0.1) is 17.6 Å². The van der Waals surface area contributed by atoms with Crippen molar-refractivity contribution < 1.29 is 0 Å². The van der Waals surface area contributed by atoms with Crippen LogP contribution in [-0.4, -0.2) is 17.6 Å². The minimum Gasteiger partial charge on any atom is -0.368 e. The number of nitrogens with two attached hydrogens (primary N) is 1. The zero-order valence-corrected chi connectivity index (χ0v) is 11.6. The van der Waals surface area contributed by atoms with E-state index in [1.54, 1.807) is 0 Å². The van der Waals surface area contributed by atoms with Gasteiger partial charge in [0.25, 0.3) is 0 Å². The van der Waals surface area contributed by atoms with Gasteiger partial charge in [-0.25, -0.2) is 0 Å². The number of nitrogens with zero attached hydrogens (tertiary/aromatic N) is 2. The Morgan fingerprint density at radius 2 is 2.22 bits per heavy atom. The van der Waals surface area contributed by atoms with Crippen LogP contribution in [0.4, 0.5) is 5.69 Å². The van der Waals surface area contributed by atoms with Crippen LogP contribution >= 0.6 is 0 Å². The van der Waals surface area contributed by atoms with Crippen molar-refractivity contribution in [2.75, 3.05) is 11.4 Å². The fourth-order valence-electron chi connectivity index (χ4n) is 2.65. The zero-order chi connectivity index (χ0) is 13.0. The molecule has 1 saturated heterocycles. The van der Waals surface area contributed by atoms with Crippen LogP contribution in [0.5, 0.6) is 0 Å². The molecule has 0 aromatic carbocycles. The molecule has 1 aliphatic rings. The SMILES string of the molecule is CC[C@H](N)c1ccc(N2CCCCCC2C)cn1. The Kier molecular flexibility index (Phi) is 4.59. The van der Waals surface area contributed by atoms with Crippen molar-refractivity contribution in [3.05, 3.63) is 24.0 Å². The molecule has 0 spiro atoms. The molecule has 2 N–H and O–H groups in total. The number of aromatic nitrogens is 1. The highest BCUT2D eigenvalue weighted by Crippen LogP contribution is 2.24. The molecule has 2 atom stereocenters. The van der Waals surface area contributed by atoms with Crippen LogP contribution in [0, 0.1) is 0 Å². The first-order valence-electron chi connectivity index (χ1n) is 7.20. The Labute approximate surface area is 110 Å². The third-order valence-electron chi connectivity index (χ3n) is 3.98. The summed E-state index contributed by atoms with van der Waals surface area (Å²) in [5.74, 6) is 0. The molecule has 3 nitrogen and oxygen atoms in total. The highest BCUT2D eigenvalue weighted by molar-refractivity contribution is 5.46. The molecule has 0 bridgehead atoms. The van der Waals surface area contributed by atoms with Crippen LogP contribution in [0.15, 0.2) is 18.3 Å². The Bertz CT molecular complexity index is 361. The monoisotopic (exact) mass is 247 g/mol. The first kappa shape index (κ1) is 13.3. The molecule has 1 aromatic rings. The van der Waals surface area contributed by atoms with Crippen molar-refractivity contribution in [2.24, 2.45) is 5.73 Å². The van der Waals surface area contributed by atoms with Gasteiger partial charge < -0.3 is 10.6 Å². The molecule has 1 aliphatic heterocycles. The van der Waals surface area contributed by atoms with Crippen molar-refractivity contribution in [1.29, 1.82) is 0 Å². The molecule has 18 heavy (non-hydrogen) atoms. The summed E-state index contributed by atoms with van der Waals surface area (Å²) >= 11 is 0. The van der Waals surface area contributed by atoms with Crippen molar-refractivity contribution in [3.63, 3.8) is 0 Å². The van der Waals surface area contributed by atoms with E-state index in [1.165, 1.54) is 31.4 Å². The van der Waals surface area contributed by atoms with Gasteiger partial charge in [0, 0.05) is 18.6 Å². The molecule has 0 saturated carbocycles. The van der Waals surface area contributed by atoms with Crippen molar-refractivity contribution in [3.8, 4) is 0 Å². The van der Waals surface area contributed by atoms with E-state index >= 15 is 0 Å². The third-order valence-corrected chi connectivity index (χ3v) is 3.98. The van der Waals surface area contributed by atoms with Crippen LogP contribution in [0.3, 0.4) is 0 Å². The van der Waals surface area contributed by atoms with E-state index < -0.39 is 0 Å². The van der Waals surface area contributed by atoms with Gasteiger partial charge in [-0.3, -0.25) is 4.98 Å². The maximum atomic E-state index is 6.00. The van der Waals surface area contributed by atoms with Gasteiger partial charge in [-0.15, -0.1) is 0 Å². The smallest absolute Gasteiger partial charge is 0.0572 e. The minimum atomic E-state index is 0.0700. The Balaban J connectivity index is 2.12. The van der Waals surface area contributed by atoms with E-state index in [-0.39, 0.29) is 6.04 Å². The molecule has 3 heteroatoms. The third kappa shape index (κ3) is 3.02. The predicted octanol–water partition coefficient (Wildman–Crippen LogP) is 3.26. The van der Waals surface area contributed by atoms with Crippen LogP contribution in [0.2, 0.25) is 0 Å². The van der Waals surface area contributed by atoms with Gasteiger partial charge in [0.1, 0.15) is 0 Å². The Morgan fingerprint density at radius 1 is 1.39 bits per heavy atom. The normalized spacial score (nSPS) is 22.6. The summed E-state index contributed by atoms with van der Waals surface area (Å²) in [5.41, 5.74) is 8.25. The van der Waals surface area contributed by atoms with Crippen LogP contribution in [0.25, 0.3) is 0 Å². The van der Waals surface area contributed by atoms with E-state index in [9.17, 15) is 0 Å². The van der Waals surface area contributed by atoms with Gasteiger partial charge in [-0.2, -0.15) is 0 Å². The average molecular weight is 247 g/mol. The number of hydrogen-bond acceptors (Lipinski definition) is 3. The second-order valence-electron chi connectivity index (χ2n) is 5.35. The summed E-state index contributed by atoms with van der Waals surface area (Å²) in [4.78, 5) is 7.01. The predicted molar refractivity (Wildman–Crippen MR) is 76.7 cm³/mol. The summed E-state index contributed by atoms with van der Waals surface area (Å²) < 4.78 is 0. The molecular formula is C15H25N3. The summed E-state index contributed by atoms with van der Waals surface area (Å²) in [6.07, 6.45) is 8.22. The molecule has 1 fully saturated rings. The second kappa shape index (κ2) is 6.19. The molecular weight excluding hydrogens is 222 g/mol. The molecule has 0 aliphatic carbocycles. The lowest BCUT2D eigenvalue weighted by Crippen LogP contribution is -2.32. The van der Waals surface area contributed by atoms with Crippen LogP contribution in [0.1, 0.15) is 57.7 Å². The number of anilines is 1. The molecule has 1 unspecified atom stereocenters. The summed E-state index contributed by atoms with van der Waals surface area (Å²) in [6, 6.07) is 4.96. The standard InChI is InChI=1S/C15H25N3/c1-3-14(16)15-9-8-13(11-17-15)18-10-6-4-5-7-12(18)2/h8-9,11-12,14H,3-7,10,16H2,1-2H3/t12?,14-/m0/s1. The fraction of sp³-hybridized carbons (Fsp3) is 0.667. The quantitative estimate of drug-likeness (QED) is 0.891. The van der Waals surface area contributed by atoms with Gasteiger partial charge >= 0.3 is 0 Å². The largest absolute Gasteiger partial charge is 0.368 e. The van der Waals surface area contributed by atoms with Gasteiger partial charge in [-0.1, -0.05) is 19.8 Å². The van der Waals surface area contributed by atoms with Gasteiger partial charge in [0.15, 0.2) is 0 Å². The average Bonchev–Trinajstić information content (AvgIpc) is 2.63. The van der Waals surface area contributed by atoms with E-state index in [4.69, 9.17) is 5.73 Å². The minimum absolute atomic E-state index is 0.0700. The lowest BCUT2D eigenvalue weighted by Gasteiger charge is -2.29. The number of hydrogen-bond donors (Lipinski definition) is 1. The second-order valence-corrected chi connectivity index (χ2v) is 5.35. The Hall–Kier alpha value is -1.09. The van der Waals surface area contributed by atoms with Crippen molar-refractivity contribution in [2.45, 2.75) is 58.0 Å². The van der Waals surface area contributed by atoms with Gasteiger partial charge in [-0.05, 0) is 38.3 Å². The fourth-order valence-corrected chi connectivity index (χ4v) is 2.65. The zero-order valence-electron chi connectivity index (χ0n) is 11.6. The first-order chi connectivity index (χ1) is 8.72. The van der Waals surface area contributed by atoms with E-state index in [1.807, 2.05) is 6.20 Å².